The second-order valence-electron chi connectivity index (χ2n) is 5.66. The maximum Gasteiger partial charge on any atom is 0.254 e. The number of thiazole rings is 1. The van der Waals surface area contributed by atoms with Gasteiger partial charge in [0, 0.05) is 19.0 Å². The highest BCUT2D eigenvalue weighted by atomic mass is 32.1. The first kappa shape index (κ1) is 18.8. The molecule has 0 saturated carbocycles. The summed E-state index contributed by atoms with van der Waals surface area (Å²) in [5.74, 6) is -3.08. The molecule has 0 bridgehead atoms. The Kier molecular flexibility index (Phi) is 5.70. The van der Waals surface area contributed by atoms with Crippen molar-refractivity contribution in [3.05, 3.63) is 59.4 Å². The maximum absolute atomic E-state index is 13.5. The molecule has 0 fully saturated rings. The second kappa shape index (κ2) is 8.17. The van der Waals surface area contributed by atoms with Crippen molar-refractivity contribution in [2.45, 2.75) is 12.8 Å². The number of carbonyl (C=O) groups is 2. The molecule has 0 aliphatic carbocycles. The van der Waals surface area contributed by atoms with E-state index < -0.39 is 17.5 Å². The highest BCUT2D eigenvalue weighted by molar-refractivity contribution is 7.22. The normalized spacial score (nSPS) is 10.8. The number of halogens is 3. The van der Waals surface area contributed by atoms with Crippen LogP contribution in [-0.2, 0) is 4.79 Å². The van der Waals surface area contributed by atoms with E-state index in [1.165, 1.54) is 18.2 Å². The first-order valence-electron chi connectivity index (χ1n) is 8.01. The molecule has 0 spiro atoms. The molecule has 2 aromatic carbocycles. The summed E-state index contributed by atoms with van der Waals surface area (Å²) in [5.41, 5.74) is 0.327. The Balaban J connectivity index is 1.45. The predicted octanol–water partition coefficient (Wildman–Crippen LogP) is 3.86. The fourth-order valence-electron chi connectivity index (χ4n) is 2.35. The number of hydrogen-bond donors (Lipinski definition) is 2. The number of nitrogens with one attached hydrogen (secondary N) is 2. The lowest BCUT2D eigenvalue weighted by Gasteiger charge is -2.06. The zero-order valence-electron chi connectivity index (χ0n) is 13.9. The van der Waals surface area contributed by atoms with Crippen molar-refractivity contribution >= 4 is 38.5 Å². The summed E-state index contributed by atoms with van der Waals surface area (Å²) in [6, 6.07) is 6.85. The zero-order chi connectivity index (χ0) is 19.4. The summed E-state index contributed by atoms with van der Waals surface area (Å²) < 4.78 is 40.1. The molecule has 0 aliphatic heterocycles. The van der Waals surface area contributed by atoms with Gasteiger partial charge >= 0.3 is 0 Å². The lowest BCUT2D eigenvalue weighted by molar-refractivity contribution is -0.116. The van der Waals surface area contributed by atoms with E-state index in [1.54, 1.807) is 0 Å². The molecular formula is C18H14F3N3O2S. The molecule has 0 atom stereocenters. The number of anilines is 1. The fraction of sp³-hybridized carbons (Fsp3) is 0.167. The molecule has 2 N–H and O–H groups in total. The van der Waals surface area contributed by atoms with Crippen LogP contribution < -0.4 is 10.6 Å². The van der Waals surface area contributed by atoms with Crippen molar-refractivity contribution in [2.75, 3.05) is 11.9 Å². The lowest BCUT2D eigenvalue weighted by atomic mass is 10.2. The largest absolute Gasteiger partial charge is 0.352 e. The van der Waals surface area contributed by atoms with Crippen LogP contribution >= 0.6 is 11.3 Å². The van der Waals surface area contributed by atoms with Crippen LogP contribution in [0.3, 0.4) is 0 Å². The van der Waals surface area contributed by atoms with Crippen LogP contribution in [0.1, 0.15) is 23.2 Å². The topological polar surface area (TPSA) is 71.1 Å². The first-order valence-corrected chi connectivity index (χ1v) is 8.83. The Morgan fingerprint density at radius 2 is 1.78 bits per heavy atom. The summed E-state index contributed by atoms with van der Waals surface area (Å²) in [4.78, 5) is 27.9. The van der Waals surface area contributed by atoms with Gasteiger partial charge in [0.25, 0.3) is 5.91 Å². The smallest absolute Gasteiger partial charge is 0.254 e. The molecule has 0 aliphatic rings. The molecule has 1 heterocycles. The Morgan fingerprint density at radius 3 is 2.56 bits per heavy atom. The third kappa shape index (κ3) is 4.82. The van der Waals surface area contributed by atoms with Gasteiger partial charge in [0.2, 0.25) is 5.91 Å². The molecule has 9 heteroatoms. The van der Waals surface area contributed by atoms with E-state index in [1.807, 2.05) is 0 Å². The molecule has 5 nitrogen and oxygen atoms in total. The Morgan fingerprint density at radius 1 is 1.04 bits per heavy atom. The van der Waals surface area contributed by atoms with E-state index in [4.69, 9.17) is 0 Å². The highest BCUT2D eigenvalue weighted by Crippen LogP contribution is 2.26. The summed E-state index contributed by atoms with van der Waals surface area (Å²) in [6.07, 6.45) is 0.427. The highest BCUT2D eigenvalue weighted by Gasteiger charge is 2.12. The van der Waals surface area contributed by atoms with Crippen molar-refractivity contribution in [3.8, 4) is 0 Å². The van der Waals surface area contributed by atoms with Crippen LogP contribution in [0.5, 0.6) is 0 Å². The van der Waals surface area contributed by atoms with Gasteiger partial charge in [0.1, 0.15) is 17.5 Å². The van der Waals surface area contributed by atoms with E-state index in [0.717, 1.165) is 23.5 Å². The van der Waals surface area contributed by atoms with Gasteiger partial charge in [0.05, 0.1) is 15.8 Å². The number of hydrogen-bond acceptors (Lipinski definition) is 4. The fourth-order valence-corrected chi connectivity index (χ4v) is 3.26. The third-order valence-electron chi connectivity index (χ3n) is 3.64. The van der Waals surface area contributed by atoms with Crippen molar-refractivity contribution in [2.24, 2.45) is 0 Å². The van der Waals surface area contributed by atoms with Gasteiger partial charge in [-0.15, -0.1) is 0 Å². The summed E-state index contributed by atoms with van der Waals surface area (Å²) in [5, 5.41) is 5.45. The Labute approximate surface area is 156 Å². The molecule has 2 amide bonds. The molecule has 0 radical (unpaired) electrons. The molecule has 1 aromatic heterocycles. The zero-order valence-corrected chi connectivity index (χ0v) is 14.7. The van der Waals surface area contributed by atoms with Crippen LogP contribution in [-0.4, -0.2) is 23.3 Å². The first-order chi connectivity index (χ1) is 12.9. The number of rotatable bonds is 6. The molecule has 27 heavy (non-hydrogen) atoms. The Bertz CT molecular complexity index is 1010. The summed E-state index contributed by atoms with van der Waals surface area (Å²) in [7, 11) is 0. The average molecular weight is 393 g/mol. The van der Waals surface area contributed by atoms with Gasteiger partial charge in [-0.1, -0.05) is 11.3 Å². The summed E-state index contributed by atoms with van der Waals surface area (Å²) in [6.45, 7) is 0.147. The van der Waals surface area contributed by atoms with Crippen LogP contribution in [0.25, 0.3) is 10.2 Å². The van der Waals surface area contributed by atoms with Crippen molar-refractivity contribution in [1.82, 2.24) is 10.3 Å². The van der Waals surface area contributed by atoms with E-state index >= 15 is 0 Å². The number of carbonyl (C=O) groups excluding carboxylic acids is 2. The maximum atomic E-state index is 13.5. The molecule has 0 saturated heterocycles. The second-order valence-corrected chi connectivity index (χ2v) is 6.69. The Hall–Kier alpha value is -2.94. The van der Waals surface area contributed by atoms with Crippen LogP contribution in [0, 0.1) is 17.5 Å². The van der Waals surface area contributed by atoms with Crippen molar-refractivity contribution < 1.29 is 22.8 Å². The number of amides is 2. The molecule has 3 aromatic rings. The van der Waals surface area contributed by atoms with Crippen molar-refractivity contribution in [3.63, 3.8) is 0 Å². The summed E-state index contributed by atoms with van der Waals surface area (Å²) >= 11 is 1.16. The van der Waals surface area contributed by atoms with Crippen LogP contribution in [0.15, 0.2) is 36.4 Å². The number of benzene rings is 2. The SMILES string of the molecule is O=C(CCCNC(=O)c1ccc(F)cc1F)Nc1nc2ccc(F)cc2s1. The molecule has 0 unspecified atom stereocenters. The number of aromatic nitrogens is 1. The van der Waals surface area contributed by atoms with Crippen LogP contribution in [0.4, 0.5) is 18.3 Å². The van der Waals surface area contributed by atoms with E-state index in [9.17, 15) is 22.8 Å². The van der Waals surface area contributed by atoms with Gasteiger partial charge in [-0.25, -0.2) is 18.2 Å². The van der Waals surface area contributed by atoms with Gasteiger partial charge in [0.15, 0.2) is 5.13 Å². The van der Waals surface area contributed by atoms with E-state index in [2.05, 4.69) is 15.6 Å². The molecular weight excluding hydrogens is 379 g/mol. The van der Waals surface area contributed by atoms with Gasteiger partial charge in [-0.05, 0) is 36.8 Å². The molecule has 140 valence electrons. The molecule has 3 rings (SSSR count). The van der Waals surface area contributed by atoms with Gasteiger partial charge in [-0.2, -0.15) is 0 Å². The minimum Gasteiger partial charge on any atom is -0.352 e. The minimum absolute atomic E-state index is 0.108. The third-order valence-corrected chi connectivity index (χ3v) is 4.57. The van der Waals surface area contributed by atoms with Crippen LogP contribution in [0.2, 0.25) is 0 Å². The minimum atomic E-state index is -0.947. The van der Waals surface area contributed by atoms with E-state index in [-0.39, 0.29) is 30.3 Å². The monoisotopic (exact) mass is 393 g/mol. The quantitative estimate of drug-likeness (QED) is 0.625. The van der Waals surface area contributed by atoms with Gasteiger partial charge in [-0.3, -0.25) is 9.59 Å². The van der Waals surface area contributed by atoms with E-state index in [0.29, 0.717) is 27.8 Å². The number of fused-ring (bicyclic) bond motifs is 1. The lowest BCUT2D eigenvalue weighted by Crippen LogP contribution is -2.26. The standard InChI is InChI=1S/C18H14F3N3O2S/c19-10-3-5-12(13(21)8-10)17(26)22-7-1-2-16(25)24-18-23-14-6-4-11(20)9-15(14)27-18/h3-6,8-9H,1-2,7H2,(H,22,26)(H,23,24,25). The number of nitrogens with zero attached hydrogens (tertiary/aromatic N) is 1. The van der Waals surface area contributed by atoms with Gasteiger partial charge < -0.3 is 10.6 Å². The van der Waals surface area contributed by atoms with Crippen molar-refractivity contribution in [1.29, 1.82) is 0 Å². The average Bonchev–Trinajstić information content (AvgIpc) is 2.99. The predicted molar refractivity (Wildman–Crippen MR) is 96.1 cm³/mol.